The molecule has 0 radical (unpaired) electrons. The average Bonchev–Trinajstić information content (AvgIpc) is 2.81. The lowest BCUT2D eigenvalue weighted by atomic mass is 9.98. The first-order valence-electron chi connectivity index (χ1n) is 8.61. The lowest BCUT2D eigenvalue weighted by Crippen LogP contribution is -2.42. The predicted octanol–water partition coefficient (Wildman–Crippen LogP) is 1.54. The molecule has 5 nitrogen and oxygen atoms in total. The lowest BCUT2D eigenvalue weighted by Gasteiger charge is -2.22. The van der Waals surface area contributed by atoms with E-state index >= 15 is 0 Å². The molecule has 1 atom stereocenters. The van der Waals surface area contributed by atoms with Crippen LogP contribution in [0.3, 0.4) is 0 Å². The number of carbonyl (C=O) groups excluding carboxylic acids is 1. The fraction of sp³-hybridized carbons (Fsp3) is 0.938. The van der Waals surface area contributed by atoms with Crippen LogP contribution in [0.4, 0.5) is 8.78 Å². The van der Waals surface area contributed by atoms with E-state index in [1.807, 2.05) is 0 Å². The smallest absolute Gasteiger partial charge is 0.262 e. The zero-order chi connectivity index (χ0) is 16.7. The molecule has 1 amide bonds. The topological polar surface area (TPSA) is 61.8 Å². The third kappa shape index (κ3) is 6.31. The molecule has 0 aromatic carbocycles. The van der Waals surface area contributed by atoms with Gasteiger partial charge in [-0.1, -0.05) is 19.3 Å². The van der Waals surface area contributed by atoms with Gasteiger partial charge in [0.05, 0.1) is 25.8 Å². The summed E-state index contributed by atoms with van der Waals surface area (Å²) < 4.78 is 32.4. The van der Waals surface area contributed by atoms with Crippen molar-refractivity contribution in [3.8, 4) is 0 Å². The van der Waals surface area contributed by atoms with Crippen molar-refractivity contribution in [2.45, 2.75) is 63.0 Å². The van der Waals surface area contributed by atoms with E-state index in [2.05, 4.69) is 5.32 Å². The predicted molar refractivity (Wildman–Crippen MR) is 82.5 cm³/mol. The van der Waals surface area contributed by atoms with E-state index in [-0.39, 0.29) is 25.5 Å². The number of aliphatic hydroxyl groups excluding tert-OH is 1. The molecule has 7 heteroatoms. The van der Waals surface area contributed by atoms with Crippen molar-refractivity contribution in [3.05, 3.63) is 0 Å². The van der Waals surface area contributed by atoms with E-state index < -0.39 is 18.5 Å². The third-order valence-corrected chi connectivity index (χ3v) is 4.59. The molecule has 2 N–H and O–H groups in total. The number of ether oxygens (including phenoxy) is 1. The lowest BCUT2D eigenvalue weighted by molar-refractivity contribution is -0.122. The van der Waals surface area contributed by atoms with E-state index in [0.717, 1.165) is 19.3 Å². The number of nitrogens with one attached hydrogen (secondary N) is 1. The van der Waals surface area contributed by atoms with Crippen LogP contribution in [0.1, 0.15) is 44.9 Å². The van der Waals surface area contributed by atoms with E-state index in [9.17, 15) is 13.6 Å². The molecule has 134 valence electrons. The number of hydrogen-bond acceptors (Lipinski definition) is 4. The van der Waals surface area contributed by atoms with Crippen LogP contribution in [-0.2, 0) is 9.53 Å². The Hall–Kier alpha value is -0.790. The summed E-state index contributed by atoms with van der Waals surface area (Å²) in [6, 6.07) is -0.634. The molecule has 2 rings (SSSR count). The summed E-state index contributed by atoms with van der Waals surface area (Å²) in [4.78, 5) is 13.2. The van der Waals surface area contributed by atoms with Gasteiger partial charge in [-0.15, -0.1) is 0 Å². The highest BCUT2D eigenvalue weighted by molar-refractivity contribution is 5.78. The van der Waals surface area contributed by atoms with Crippen LogP contribution in [0, 0.1) is 0 Å². The number of rotatable bonds is 8. The van der Waals surface area contributed by atoms with Gasteiger partial charge in [-0.25, -0.2) is 8.78 Å². The van der Waals surface area contributed by atoms with Crippen LogP contribution in [-0.4, -0.2) is 66.8 Å². The zero-order valence-corrected chi connectivity index (χ0v) is 13.6. The number of carbonyl (C=O) groups is 1. The van der Waals surface area contributed by atoms with Crippen molar-refractivity contribution in [3.63, 3.8) is 0 Å². The van der Waals surface area contributed by atoms with E-state index in [0.29, 0.717) is 19.3 Å². The van der Waals surface area contributed by atoms with Crippen LogP contribution >= 0.6 is 0 Å². The standard InChI is InChI=1S/C16H28F2N2O3/c17-16(18)9-13(11-21)20(12-16)10-15(22)19-7-4-8-23-14-5-2-1-3-6-14/h13-14,21H,1-12H2,(H,19,22). The summed E-state index contributed by atoms with van der Waals surface area (Å²) in [5.41, 5.74) is 0. The van der Waals surface area contributed by atoms with Gasteiger partial charge in [-0.3, -0.25) is 9.69 Å². The van der Waals surface area contributed by atoms with Gasteiger partial charge in [-0.05, 0) is 19.3 Å². The number of amides is 1. The Morgan fingerprint density at radius 1 is 1.30 bits per heavy atom. The van der Waals surface area contributed by atoms with Gasteiger partial charge >= 0.3 is 0 Å². The number of nitrogens with zero attached hydrogens (tertiary/aromatic N) is 1. The number of alkyl halides is 2. The summed E-state index contributed by atoms with van der Waals surface area (Å²) in [5.74, 6) is -3.10. The van der Waals surface area contributed by atoms with Gasteiger partial charge in [0.15, 0.2) is 0 Å². The van der Waals surface area contributed by atoms with Crippen LogP contribution in [0.5, 0.6) is 0 Å². The molecule has 1 unspecified atom stereocenters. The highest BCUT2D eigenvalue weighted by atomic mass is 19.3. The highest BCUT2D eigenvalue weighted by Crippen LogP contribution is 2.31. The summed E-state index contributed by atoms with van der Waals surface area (Å²) in [5, 5.41) is 11.9. The first kappa shape index (κ1) is 18.5. The van der Waals surface area contributed by atoms with Gasteiger partial charge in [0.1, 0.15) is 0 Å². The van der Waals surface area contributed by atoms with Crippen LogP contribution < -0.4 is 5.32 Å². The van der Waals surface area contributed by atoms with Crippen molar-refractivity contribution in [2.75, 3.05) is 32.8 Å². The monoisotopic (exact) mass is 334 g/mol. The van der Waals surface area contributed by atoms with Crippen molar-refractivity contribution in [1.82, 2.24) is 10.2 Å². The fourth-order valence-electron chi connectivity index (χ4n) is 3.35. The van der Waals surface area contributed by atoms with E-state index in [1.54, 1.807) is 0 Å². The third-order valence-electron chi connectivity index (χ3n) is 4.59. The largest absolute Gasteiger partial charge is 0.395 e. The fourth-order valence-corrected chi connectivity index (χ4v) is 3.35. The first-order chi connectivity index (χ1) is 11.0. The van der Waals surface area contributed by atoms with Gasteiger partial charge in [0, 0.05) is 25.6 Å². The molecule has 23 heavy (non-hydrogen) atoms. The molecule has 2 fully saturated rings. The Bertz CT molecular complexity index is 376. The minimum absolute atomic E-state index is 0.0930. The molecule has 1 saturated heterocycles. The molecule has 0 aromatic heterocycles. The molecule has 1 aliphatic heterocycles. The van der Waals surface area contributed by atoms with E-state index in [1.165, 1.54) is 24.2 Å². The first-order valence-corrected chi connectivity index (χ1v) is 8.61. The minimum atomic E-state index is -2.82. The normalized spacial score (nSPS) is 25.6. The van der Waals surface area contributed by atoms with Crippen molar-refractivity contribution in [2.24, 2.45) is 0 Å². The summed E-state index contributed by atoms with van der Waals surface area (Å²) in [7, 11) is 0. The van der Waals surface area contributed by atoms with Gasteiger partial charge in [-0.2, -0.15) is 0 Å². The summed E-state index contributed by atoms with van der Waals surface area (Å²) >= 11 is 0. The number of halogens is 2. The number of aliphatic hydroxyl groups is 1. The number of likely N-dealkylation sites (tertiary alicyclic amines) is 1. The molecule has 0 spiro atoms. The molecule has 2 aliphatic rings. The highest BCUT2D eigenvalue weighted by Gasteiger charge is 2.44. The Morgan fingerprint density at radius 3 is 2.74 bits per heavy atom. The van der Waals surface area contributed by atoms with Crippen molar-refractivity contribution in [1.29, 1.82) is 0 Å². The van der Waals surface area contributed by atoms with Gasteiger partial charge < -0.3 is 15.2 Å². The van der Waals surface area contributed by atoms with Crippen LogP contribution in [0.15, 0.2) is 0 Å². The second kappa shape index (κ2) is 8.89. The minimum Gasteiger partial charge on any atom is -0.395 e. The zero-order valence-electron chi connectivity index (χ0n) is 13.6. The van der Waals surface area contributed by atoms with Crippen molar-refractivity contribution < 1.29 is 23.4 Å². The summed E-state index contributed by atoms with van der Waals surface area (Å²) in [6.45, 7) is 0.199. The van der Waals surface area contributed by atoms with Gasteiger partial charge in [0.25, 0.3) is 5.92 Å². The Morgan fingerprint density at radius 2 is 2.04 bits per heavy atom. The molecule has 0 aromatic rings. The SMILES string of the molecule is O=C(CN1CC(F)(F)CC1CO)NCCCOC1CCCCC1. The second-order valence-electron chi connectivity index (χ2n) is 6.64. The molecular formula is C16H28F2N2O3. The maximum atomic E-state index is 13.3. The van der Waals surface area contributed by atoms with Gasteiger partial charge in [0.2, 0.25) is 5.91 Å². The molecular weight excluding hydrogens is 306 g/mol. The quantitative estimate of drug-likeness (QED) is 0.661. The van der Waals surface area contributed by atoms with Crippen LogP contribution in [0.25, 0.3) is 0 Å². The Kier molecular flexibility index (Phi) is 7.17. The van der Waals surface area contributed by atoms with Crippen molar-refractivity contribution >= 4 is 5.91 Å². The molecule has 1 aliphatic carbocycles. The second-order valence-corrected chi connectivity index (χ2v) is 6.64. The van der Waals surface area contributed by atoms with Crippen LogP contribution in [0.2, 0.25) is 0 Å². The number of hydrogen-bond donors (Lipinski definition) is 2. The Balaban J connectivity index is 1.56. The maximum absolute atomic E-state index is 13.3. The molecule has 1 heterocycles. The molecule has 0 bridgehead atoms. The molecule has 1 saturated carbocycles. The maximum Gasteiger partial charge on any atom is 0.262 e. The summed E-state index contributed by atoms with van der Waals surface area (Å²) in [6.07, 6.45) is 6.70. The Labute approximate surface area is 136 Å². The van der Waals surface area contributed by atoms with E-state index in [4.69, 9.17) is 9.84 Å². The average molecular weight is 334 g/mol.